The number of nitrogens with zero attached hydrogens (tertiary/aromatic N) is 1. The Hall–Kier alpha value is -1.02. The van der Waals surface area contributed by atoms with Gasteiger partial charge in [-0.3, -0.25) is 0 Å². The Morgan fingerprint density at radius 2 is 1.94 bits per heavy atom. The van der Waals surface area contributed by atoms with Gasteiger partial charge in [-0.25, -0.2) is 0 Å². The topological polar surface area (TPSA) is 29.3 Å². The second kappa shape index (κ2) is 6.06. The van der Waals surface area contributed by atoms with Crippen LogP contribution in [0, 0.1) is 0 Å². The van der Waals surface area contributed by atoms with E-state index >= 15 is 0 Å². The second-order valence-electron chi connectivity index (χ2n) is 4.98. The molecule has 0 unspecified atom stereocenters. The molecule has 0 aromatic heterocycles. The van der Waals surface area contributed by atoms with Crippen molar-refractivity contribution in [3.05, 3.63) is 29.8 Å². The van der Waals surface area contributed by atoms with Crippen molar-refractivity contribution in [1.29, 1.82) is 0 Å². The van der Waals surface area contributed by atoms with Crippen LogP contribution in [0.1, 0.15) is 38.2 Å². The van der Waals surface area contributed by atoms with Crippen LogP contribution in [0.5, 0.6) is 0 Å². The molecule has 0 spiro atoms. The predicted molar refractivity (Wildman–Crippen MR) is 74.5 cm³/mol. The van der Waals surface area contributed by atoms with Crippen LogP contribution in [0.3, 0.4) is 0 Å². The molecule has 1 fully saturated rings. The maximum Gasteiger partial charge on any atom is 0.0368 e. The maximum absolute atomic E-state index is 5.57. The molecule has 0 saturated heterocycles. The van der Waals surface area contributed by atoms with Crippen molar-refractivity contribution in [2.75, 3.05) is 18.0 Å². The molecule has 0 bridgehead atoms. The molecule has 0 aliphatic heterocycles. The van der Waals surface area contributed by atoms with E-state index in [1.165, 1.54) is 43.5 Å². The molecule has 94 valence electrons. The molecule has 0 atom stereocenters. The zero-order valence-corrected chi connectivity index (χ0v) is 10.9. The van der Waals surface area contributed by atoms with E-state index in [4.69, 9.17) is 5.73 Å². The van der Waals surface area contributed by atoms with Gasteiger partial charge in [0.2, 0.25) is 0 Å². The lowest BCUT2D eigenvalue weighted by Gasteiger charge is -2.24. The van der Waals surface area contributed by atoms with E-state index in [9.17, 15) is 0 Å². The van der Waals surface area contributed by atoms with E-state index in [1.807, 2.05) is 0 Å². The van der Waals surface area contributed by atoms with Crippen LogP contribution in [0.2, 0.25) is 0 Å². The Labute approximate surface area is 105 Å². The molecule has 17 heavy (non-hydrogen) atoms. The third kappa shape index (κ3) is 3.47. The lowest BCUT2D eigenvalue weighted by Crippen LogP contribution is -2.26. The molecule has 1 aliphatic carbocycles. The molecule has 1 aliphatic rings. The van der Waals surface area contributed by atoms with Crippen molar-refractivity contribution < 1.29 is 0 Å². The number of unbranched alkanes of at least 4 members (excludes halogenated alkanes) is 1. The summed E-state index contributed by atoms with van der Waals surface area (Å²) in [5, 5.41) is 0. The first-order valence-corrected chi connectivity index (χ1v) is 6.90. The fourth-order valence-electron chi connectivity index (χ4n) is 2.26. The summed E-state index contributed by atoms with van der Waals surface area (Å²) in [5.74, 6) is 0. The van der Waals surface area contributed by atoms with Crippen LogP contribution in [0.25, 0.3) is 0 Å². The minimum Gasteiger partial charge on any atom is -0.369 e. The molecular formula is C15H24N2. The van der Waals surface area contributed by atoms with Gasteiger partial charge in [0.05, 0.1) is 0 Å². The molecule has 0 radical (unpaired) electrons. The van der Waals surface area contributed by atoms with Gasteiger partial charge >= 0.3 is 0 Å². The molecule has 0 heterocycles. The van der Waals surface area contributed by atoms with E-state index in [0.717, 1.165) is 19.0 Å². The summed E-state index contributed by atoms with van der Waals surface area (Å²) < 4.78 is 0. The first-order chi connectivity index (χ1) is 8.35. The molecule has 2 heteroatoms. The molecule has 1 aromatic carbocycles. The highest BCUT2D eigenvalue weighted by molar-refractivity contribution is 5.49. The molecule has 1 aromatic rings. The standard InChI is InChI=1S/C15H24N2/c1-2-3-12-17(15-8-9-15)14-6-4-13(5-7-14)10-11-16/h4-7,15H,2-3,8-12,16H2,1H3. The van der Waals surface area contributed by atoms with Crippen molar-refractivity contribution in [2.24, 2.45) is 5.73 Å². The van der Waals surface area contributed by atoms with Crippen molar-refractivity contribution >= 4 is 5.69 Å². The largest absolute Gasteiger partial charge is 0.369 e. The first-order valence-electron chi connectivity index (χ1n) is 6.90. The van der Waals surface area contributed by atoms with Crippen molar-refractivity contribution in [2.45, 2.75) is 45.1 Å². The quantitative estimate of drug-likeness (QED) is 0.783. The Kier molecular flexibility index (Phi) is 4.43. The summed E-state index contributed by atoms with van der Waals surface area (Å²) in [4.78, 5) is 2.58. The normalized spacial score (nSPS) is 14.9. The first kappa shape index (κ1) is 12.4. The number of hydrogen-bond acceptors (Lipinski definition) is 2. The summed E-state index contributed by atoms with van der Waals surface area (Å²) in [6, 6.07) is 9.78. The minimum atomic E-state index is 0.738. The number of rotatable bonds is 7. The number of benzene rings is 1. The van der Waals surface area contributed by atoms with Gasteiger partial charge in [0.1, 0.15) is 0 Å². The Morgan fingerprint density at radius 3 is 2.47 bits per heavy atom. The third-order valence-corrected chi connectivity index (χ3v) is 3.44. The van der Waals surface area contributed by atoms with Gasteiger partial charge in [0.25, 0.3) is 0 Å². The summed E-state index contributed by atoms with van der Waals surface area (Å²) in [5.41, 5.74) is 8.31. The lowest BCUT2D eigenvalue weighted by molar-refractivity contribution is 0.713. The maximum atomic E-state index is 5.57. The number of nitrogens with two attached hydrogens (primary N) is 1. The Balaban J connectivity index is 2.01. The van der Waals surface area contributed by atoms with E-state index in [1.54, 1.807) is 0 Å². The highest BCUT2D eigenvalue weighted by atomic mass is 15.2. The van der Waals surface area contributed by atoms with E-state index in [2.05, 4.69) is 36.1 Å². The highest BCUT2D eigenvalue weighted by Crippen LogP contribution is 2.32. The summed E-state index contributed by atoms with van der Waals surface area (Å²) in [6.45, 7) is 4.20. The van der Waals surface area contributed by atoms with Crippen molar-refractivity contribution in [3.8, 4) is 0 Å². The van der Waals surface area contributed by atoms with Crippen LogP contribution >= 0.6 is 0 Å². The van der Waals surface area contributed by atoms with Crippen LogP contribution < -0.4 is 10.6 Å². The van der Waals surface area contributed by atoms with E-state index < -0.39 is 0 Å². The van der Waals surface area contributed by atoms with Gasteiger partial charge in [-0.2, -0.15) is 0 Å². The Morgan fingerprint density at radius 1 is 1.24 bits per heavy atom. The third-order valence-electron chi connectivity index (χ3n) is 3.44. The SMILES string of the molecule is CCCCN(c1ccc(CCN)cc1)C1CC1. The fraction of sp³-hybridized carbons (Fsp3) is 0.600. The summed E-state index contributed by atoms with van der Waals surface area (Å²) in [7, 11) is 0. The molecule has 2 N–H and O–H groups in total. The average Bonchev–Trinajstić information content (AvgIpc) is 3.16. The smallest absolute Gasteiger partial charge is 0.0368 e. The van der Waals surface area contributed by atoms with Gasteiger partial charge in [-0.1, -0.05) is 25.5 Å². The monoisotopic (exact) mass is 232 g/mol. The van der Waals surface area contributed by atoms with Gasteiger partial charge in [-0.05, 0) is 49.9 Å². The van der Waals surface area contributed by atoms with Gasteiger partial charge in [-0.15, -0.1) is 0 Å². The zero-order valence-electron chi connectivity index (χ0n) is 10.9. The minimum absolute atomic E-state index is 0.738. The lowest BCUT2D eigenvalue weighted by atomic mass is 10.1. The van der Waals surface area contributed by atoms with Gasteiger partial charge < -0.3 is 10.6 Å². The van der Waals surface area contributed by atoms with Gasteiger partial charge in [0.15, 0.2) is 0 Å². The van der Waals surface area contributed by atoms with Gasteiger partial charge in [0, 0.05) is 18.3 Å². The van der Waals surface area contributed by atoms with E-state index in [0.29, 0.717) is 0 Å². The molecular weight excluding hydrogens is 208 g/mol. The summed E-state index contributed by atoms with van der Waals surface area (Å²) >= 11 is 0. The predicted octanol–water partition coefficient (Wildman–Crippen LogP) is 2.96. The number of anilines is 1. The molecule has 0 amide bonds. The summed E-state index contributed by atoms with van der Waals surface area (Å²) in [6.07, 6.45) is 6.29. The van der Waals surface area contributed by atoms with Crippen molar-refractivity contribution in [3.63, 3.8) is 0 Å². The Bertz CT molecular complexity index is 327. The zero-order chi connectivity index (χ0) is 12.1. The van der Waals surface area contributed by atoms with Crippen LogP contribution in [-0.2, 0) is 6.42 Å². The van der Waals surface area contributed by atoms with Crippen LogP contribution in [0.15, 0.2) is 24.3 Å². The van der Waals surface area contributed by atoms with Crippen LogP contribution in [0.4, 0.5) is 5.69 Å². The van der Waals surface area contributed by atoms with E-state index in [-0.39, 0.29) is 0 Å². The van der Waals surface area contributed by atoms with Crippen LogP contribution in [-0.4, -0.2) is 19.1 Å². The average molecular weight is 232 g/mol. The second-order valence-corrected chi connectivity index (χ2v) is 4.98. The molecule has 2 rings (SSSR count). The fourth-order valence-corrected chi connectivity index (χ4v) is 2.26. The highest BCUT2D eigenvalue weighted by Gasteiger charge is 2.28. The number of hydrogen-bond donors (Lipinski definition) is 1. The van der Waals surface area contributed by atoms with Crippen molar-refractivity contribution in [1.82, 2.24) is 0 Å². The molecule has 2 nitrogen and oxygen atoms in total. The molecule has 1 saturated carbocycles.